The highest BCUT2D eigenvalue weighted by molar-refractivity contribution is 7.13. The Bertz CT molecular complexity index is 755. The number of amides is 2. The highest BCUT2D eigenvalue weighted by Crippen LogP contribution is 2.26. The smallest absolute Gasteiger partial charge is 0.319 e. The molecule has 2 aromatic heterocycles. The number of thiophene rings is 2. The maximum atomic E-state index is 12.0. The Morgan fingerprint density at radius 2 is 2.09 bits per heavy atom. The quantitative estimate of drug-likeness (QED) is 0.645. The van der Waals surface area contributed by atoms with Crippen LogP contribution in [0.2, 0.25) is 0 Å². The fraction of sp³-hybridized carbons (Fsp3) is 0.118. The van der Waals surface area contributed by atoms with E-state index in [1.165, 1.54) is 11.3 Å². The molecule has 23 heavy (non-hydrogen) atoms. The first-order valence-electron chi connectivity index (χ1n) is 7.11. The summed E-state index contributed by atoms with van der Waals surface area (Å²) >= 11 is 3.17. The van der Waals surface area contributed by atoms with Crippen LogP contribution >= 0.6 is 22.7 Å². The molecule has 2 heterocycles. The molecular weight excluding hydrogens is 328 g/mol. The first kappa shape index (κ1) is 15.7. The molecule has 0 aliphatic rings. The van der Waals surface area contributed by atoms with Crippen LogP contribution < -0.4 is 10.6 Å². The maximum Gasteiger partial charge on any atom is 0.319 e. The largest absolute Gasteiger partial charge is 0.387 e. The van der Waals surface area contributed by atoms with Crippen LogP contribution in [0.25, 0.3) is 10.4 Å². The fourth-order valence-electron chi connectivity index (χ4n) is 2.14. The molecular formula is C17H16N2O2S2. The average molecular weight is 344 g/mol. The second-order valence-electron chi connectivity index (χ2n) is 4.97. The van der Waals surface area contributed by atoms with Crippen LogP contribution in [0, 0.1) is 0 Å². The summed E-state index contributed by atoms with van der Waals surface area (Å²) in [7, 11) is 0. The number of carbonyl (C=O) groups excluding carboxylic acids is 1. The Kier molecular flexibility index (Phi) is 5.07. The molecule has 2 amide bonds. The first-order chi connectivity index (χ1) is 11.2. The predicted molar refractivity (Wildman–Crippen MR) is 96.1 cm³/mol. The minimum absolute atomic E-state index is 0.174. The number of hydrogen-bond acceptors (Lipinski definition) is 4. The molecule has 0 saturated carbocycles. The van der Waals surface area contributed by atoms with E-state index >= 15 is 0 Å². The summed E-state index contributed by atoms with van der Waals surface area (Å²) in [6, 6.07) is 13.2. The van der Waals surface area contributed by atoms with Gasteiger partial charge in [0.25, 0.3) is 0 Å². The molecule has 0 aliphatic carbocycles. The van der Waals surface area contributed by atoms with Crippen molar-refractivity contribution >= 4 is 34.4 Å². The summed E-state index contributed by atoms with van der Waals surface area (Å²) in [5, 5.41) is 21.2. The van der Waals surface area contributed by atoms with E-state index in [1.54, 1.807) is 11.3 Å². The fourth-order valence-corrected chi connectivity index (χ4v) is 3.57. The van der Waals surface area contributed by atoms with Crippen LogP contribution in [0.5, 0.6) is 0 Å². The zero-order valence-corrected chi connectivity index (χ0v) is 13.9. The van der Waals surface area contributed by atoms with Crippen molar-refractivity contribution in [2.45, 2.75) is 6.10 Å². The van der Waals surface area contributed by atoms with E-state index < -0.39 is 6.10 Å². The maximum absolute atomic E-state index is 12.0. The van der Waals surface area contributed by atoms with Crippen LogP contribution in [0.1, 0.15) is 11.7 Å². The van der Waals surface area contributed by atoms with Crippen molar-refractivity contribution in [3.05, 3.63) is 64.2 Å². The molecule has 1 unspecified atom stereocenters. The van der Waals surface area contributed by atoms with Gasteiger partial charge in [0.1, 0.15) is 0 Å². The molecule has 0 aliphatic heterocycles. The Labute approximate surface area is 142 Å². The van der Waals surface area contributed by atoms with Gasteiger partial charge in [-0.2, -0.15) is 11.3 Å². The lowest BCUT2D eigenvalue weighted by Gasteiger charge is -2.12. The Morgan fingerprint density at radius 1 is 1.17 bits per heavy atom. The number of rotatable bonds is 5. The molecule has 118 valence electrons. The van der Waals surface area contributed by atoms with Gasteiger partial charge in [-0.25, -0.2) is 4.79 Å². The van der Waals surface area contributed by atoms with Gasteiger partial charge in [0.15, 0.2) is 0 Å². The molecule has 0 saturated heterocycles. The van der Waals surface area contributed by atoms with E-state index in [0.29, 0.717) is 0 Å². The number of urea groups is 1. The standard InChI is InChI=1S/C17H16N2O2S2/c20-15(13-6-8-22-11-13)10-18-17(21)19-14-4-1-3-12(9-14)16-5-2-7-23-16/h1-9,11,15,20H,10H2,(H2,18,19,21). The van der Waals surface area contributed by atoms with Crippen molar-refractivity contribution in [1.82, 2.24) is 5.32 Å². The van der Waals surface area contributed by atoms with Crippen molar-refractivity contribution in [1.29, 1.82) is 0 Å². The van der Waals surface area contributed by atoms with Crippen molar-refractivity contribution in [2.24, 2.45) is 0 Å². The van der Waals surface area contributed by atoms with Gasteiger partial charge < -0.3 is 15.7 Å². The summed E-state index contributed by atoms with van der Waals surface area (Å²) in [4.78, 5) is 13.1. The van der Waals surface area contributed by atoms with E-state index in [4.69, 9.17) is 0 Å². The molecule has 3 N–H and O–H groups in total. The highest BCUT2D eigenvalue weighted by atomic mass is 32.1. The summed E-state index contributed by atoms with van der Waals surface area (Å²) in [6.07, 6.45) is -0.690. The molecule has 0 bridgehead atoms. The van der Waals surface area contributed by atoms with Crippen LogP contribution in [-0.4, -0.2) is 17.7 Å². The molecule has 6 heteroatoms. The van der Waals surface area contributed by atoms with Crippen molar-refractivity contribution in [3.63, 3.8) is 0 Å². The lowest BCUT2D eigenvalue weighted by atomic mass is 10.1. The number of hydrogen-bond donors (Lipinski definition) is 3. The zero-order valence-electron chi connectivity index (χ0n) is 12.2. The van der Waals surface area contributed by atoms with Crippen molar-refractivity contribution in [3.8, 4) is 10.4 Å². The number of nitrogens with one attached hydrogen (secondary N) is 2. The van der Waals surface area contributed by atoms with Gasteiger partial charge in [0.2, 0.25) is 0 Å². The van der Waals surface area contributed by atoms with Crippen LogP contribution in [0.4, 0.5) is 10.5 Å². The highest BCUT2D eigenvalue weighted by Gasteiger charge is 2.10. The van der Waals surface area contributed by atoms with Crippen molar-refractivity contribution in [2.75, 3.05) is 11.9 Å². The van der Waals surface area contributed by atoms with E-state index in [-0.39, 0.29) is 12.6 Å². The van der Waals surface area contributed by atoms with Crippen LogP contribution in [0.15, 0.2) is 58.6 Å². The topological polar surface area (TPSA) is 61.4 Å². The SMILES string of the molecule is O=C(NCC(O)c1ccsc1)Nc1cccc(-c2cccs2)c1. The summed E-state index contributed by atoms with van der Waals surface area (Å²) in [5.41, 5.74) is 2.60. The lowest BCUT2D eigenvalue weighted by Crippen LogP contribution is -2.32. The van der Waals surface area contributed by atoms with Gasteiger partial charge in [-0.3, -0.25) is 0 Å². The van der Waals surface area contributed by atoms with E-state index in [1.807, 2.05) is 58.6 Å². The van der Waals surface area contributed by atoms with Crippen LogP contribution in [-0.2, 0) is 0 Å². The van der Waals surface area contributed by atoms with Crippen molar-refractivity contribution < 1.29 is 9.90 Å². The average Bonchev–Trinajstić information content (AvgIpc) is 3.25. The molecule has 1 aromatic carbocycles. The number of aliphatic hydroxyl groups excluding tert-OH is 1. The minimum atomic E-state index is -0.690. The minimum Gasteiger partial charge on any atom is -0.387 e. The monoisotopic (exact) mass is 344 g/mol. The third kappa shape index (κ3) is 4.19. The van der Waals surface area contributed by atoms with E-state index in [9.17, 15) is 9.90 Å². The van der Waals surface area contributed by atoms with Gasteiger partial charge >= 0.3 is 6.03 Å². The third-order valence-electron chi connectivity index (χ3n) is 3.31. The first-order valence-corrected chi connectivity index (χ1v) is 8.93. The summed E-state index contributed by atoms with van der Waals surface area (Å²) in [6.45, 7) is 0.174. The number of benzene rings is 1. The summed E-state index contributed by atoms with van der Waals surface area (Å²) in [5.74, 6) is 0. The summed E-state index contributed by atoms with van der Waals surface area (Å²) < 4.78 is 0. The normalized spacial score (nSPS) is 11.9. The molecule has 0 fully saturated rings. The Balaban J connectivity index is 1.57. The molecule has 3 aromatic rings. The Hall–Kier alpha value is -2.15. The van der Waals surface area contributed by atoms with Gasteiger partial charge in [-0.1, -0.05) is 18.2 Å². The lowest BCUT2D eigenvalue weighted by molar-refractivity contribution is 0.175. The number of anilines is 1. The van der Waals surface area contributed by atoms with Gasteiger partial charge in [0, 0.05) is 17.1 Å². The molecule has 3 rings (SSSR count). The second kappa shape index (κ2) is 7.41. The zero-order chi connectivity index (χ0) is 16.1. The number of carbonyl (C=O) groups is 1. The Morgan fingerprint density at radius 3 is 2.83 bits per heavy atom. The van der Waals surface area contributed by atoms with Gasteiger partial charge in [-0.15, -0.1) is 11.3 Å². The molecule has 0 radical (unpaired) electrons. The van der Waals surface area contributed by atoms with Crippen LogP contribution in [0.3, 0.4) is 0 Å². The van der Waals surface area contributed by atoms with Gasteiger partial charge in [0.05, 0.1) is 6.10 Å². The molecule has 4 nitrogen and oxygen atoms in total. The van der Waals surface area contributed by atoms with E-state index in [0.717, 1.165) is 21.7 Å². The number of aliphatic hydroxyl groups is 1. The second-order valence-corrected chi connectivity index (χ2v) is 6.69. The predicted octanol–water partition coefficient (Wildman–Crippen LogP) is 4.33. The molecule has 0 spiro atoms. The third-order valence-corrected chi connectivity index (χ3v) is 4.93. The van der Waals surface area contributed by atoms with Gasteiger partial charge in [-0.05, 0) is 51.5 Å². The molecule has 1 atom stereocenters. The van der Waals surface area contributed by atoms with E-state index in [2.05, 4.69) is 10.6 Å².